The third kappa shape index (κ3) is 2.84. The van der Waals surface area contributed by atoms with Crippen LogP contribution < -0.4 is 5.32 Å². The van der Waals surface area contributed by atoms with Crippen LogP contribution in [0.2, 0.25) is 0 Å². The Morgan fingerprint density at radius 2 is 2.17 bits per heavy atom. The molecular weight excluding hydrogens is 379 g/mol. The number of carboxylic acid groups (broad SMARTS) is 1. The third-order valence-electron chi connectivity index (χ3n) is 3.70. The van der Waals surface area contributed by atoms with E-state index in [0.29, 0.717) is 28.0 Å². The van der Waals surface area contributed by atoms with Crippen LogP contribution in [0.5, 0.6) is 0 Å². The van der Waals surface area contributed by atoms with Crippen LogP contribution >= 0.6 is 15.9 Å². The van der Waals surface area contributed by atoms with E-state index in [1.54, 1.807) is 19.3 Å². The number of nitrogens with one attached hydrogen (secondary N) is 1. The Hall–Kier alpha value is -2.48. The molecular formula is C16H14BrFN4O2. The second kappa shape index (κ2) is 6.20. The number of pyridine rings is 1. The van der Waals surface area contributed by atoms with Crippen LogP contribution in [0.4, 0.5) is 15.9 Å². The lowest BCUT2D eigenvalue weighted by Crippen LogP contribution is -2.05. The van der Waals surface area contributed by atoms with Gasteiger partial charge in [-0.15, -0.1) is 0 Å². The number of hydrogen-bond acceptors (Lipinski definition) is 4. The van der Waals surface area contributed by atoms with E-state index in [1.165, 1.54) is 12.1 Å². The molecule has 0 unspecified atom stereocenters. The molecule has 124 valence electrons. The molecule has 0 fully saturated rings. The molecule has 0 aliphatic carbocycles. The van der Waals surface area contributed by atoms with Crippen molar-refractivity contribution in [2.24, 2.45) is 0 Å². The number of benzene rings is 1. The van der Waals surface area contributed by atoms with Gasteiger partial charge in [-0.2, -0.15) is 0 Å². The number of halogens is 2. The summed E-state index contributed by atoms with van der Waals surface area (Å²) in [5.41, 5.74) is 1.86. The summed E-state index contributed by atoms with van der Waals surface area (Å²) >= 11 is 3.31. The molecule has 24 heavy (non-hydrogen) atoms. The summed E-state index contributed by atoms with van der Waals surface area (Å²) in [5, 5.41) is 12.1. The first-order valence-electron chi connectivity index (χ1n) is 7.22. The first kappa shape index (κ1) is 16.4. The fraction of sp³-hybridized carbons (Fsp3) is 0.188. The van der Waals surface area contributed by atoms with Gasteiger partial charge in [0.05, 0.1) is 23.1 Å². The first-order valence-corrected chi connectivity index (χ1v) is 8.01. The van der Waals surface area contributed by atoms with Gasteiger partial charge in [0, 0.05) is 6.54 Å². The quantitative estimate of drug-likeness (QED) is 0.653. The van der Waals surface area contributed by atoms with Crippen LogP contribution in [0.25, 0.3) is 11.0 Å². The fourth-order valence-corrected chi connectivity index (χ4v) is 2.91. The fourth-order valence-electron chi connectivity index (χ4n) is 2.52. The Bertz CT molecular complexity index is 955. The van der Waals surface area contributed by atoms with Crippen molar-refractivity contribution in [3.05, 3.63) is 46.1 Å². The molecule has 0 atom stereocenters. The van der Waals surface area contributed by atoms with Crippen molar-refractivity contribution >= 4 is 44.4 Å². The van der Waals surface area contributed by atoms with Gasteiger partial charge < -0.3 is 15.0 Å². The van der Waals surface area contributed by atoms with Gasteiger partial charge in [-0.25, -0.2) is 19.2 Å². The molecule has 0 saturated heterocycles. The lowest BCUT2D eigenvalue weighted by atomic mass is 10.1. The van der Waals surface area contributed by atoms with E-state index in [0.717, 1.165) is 5.52 Å². The average molecular weight is 393 g/mol. The van der Waals surface area contributed by atoms with Crippen molar-refractivity contribution in [2.75, 3.05) is 5.32 Å². The summed E-state index contributed by atoms with van der Waals surface area (Å²) in [6.07, 6.45) is 1.68. The molecule has 2 N–H and O–H groups in total. The van der Waals surface area contributed by atoms with Gasteiger partial charge in [-0.05, 0) is 53.5 Å². The molecule has 0 bridgehead atoms. The number of aromatic carboxylic acids is 1. The number of rotatable bonds is 4. The zero-order valence-electron chi connectivity index (χ0n) is 13.0. The molecule has 2 aromatic heterocycles. The van der Waals surface area contributed by atoms with Gasteiger partial charge in [0.15, 0.2) is 5.82 Å². The number of anilines is 2. The van der Waals surface area contributed by atoms with Crippen LogP contribution in [-0.4, -0.2) is 25.6 Å². The summed E-state index contributed by atoms with van der Waals surface area (Å²) < 4.78 is 16.7. The SMILES string of the molecule is CCn1cnc2cc(Br)nc(Nc3cc(C(=O)O)c(C)cc3F)c21. The molecule has 0 radical (unpaired) electrons. The van der Waals surface area contributed by atoms with Crippen molar-refractivity contribution in [1.82, 2.24) is 14.5 Å². The molecule has 0 aliphatic rings. The van der Waals surface area contributed by atoms with Crippen molar-refractivity contribution in [2.45, 2.75) is 20.4 Å². The van der Waals surface area contributed by atoms with Crippen molar-refractivity contribution in [3.63, 3.8) is 0 Å². The minimum absolute atomic E-state index is 0.0362. The highest BCUT2D eigenvalue weighted by molar-refractivity contribution is 9.10. The maximum absolute atomic E-state index is 14.3. The second-order valence-electron chi connectivity index (χ2n) is 5.27. The Balaban J connectivity index is 2.15. The van der Waals surface area contributed by atoms with Crippen LogP contribution in [0, 0.1) is 12.7 Å². The van der Waals surface area contributed by atoms with E-state index >= 15 is 0 Å². The number of imidazole rings is 1. The second-order valence-corrected chi connectivity index (χ2v) is 6.08. The largest absolute Gasteiger partial charge is 0.478 e. The Kier molecular flexibility index (Phi) is 4.23. The summed E-state index contributed by atoms with van der Waals surface area (Å²) in [5.74, 6) is -1.26. The zero-order chi connectivity index (χ0) is 17.4. The van der Waals surface area contributed by atoms with E-state index in [4.69, 9.17) is 0 Å². The van der Waals surface area contributed by atoms with Crippen LogP contribution in [0.1, 0.15) is 22.8 Å². The van der Waals surface area contributed by atoms with E-state index in [1.807, 2.05) is 11.5 Å². The number of fused-ring (bicyclic) bond motifs is 1. The van der Waals surface area contributed by atoms with Gasteiger partial charge in [0.25, 0.3) is 0 Å². The van der Waals surface area contributed by atoms with Crippen molar-refractivity contribution in [1.29, 1.82) is 0 Å². The summed E-state index contributed by atoms with van der Waals surface area (Å²) in [6.45, 7) is 4.19. The average Bonchev–Trinajstić information content (AvgIpc) is 2.92. The summed E-state index contributed by atoms with van der Waals surface area (Å²) in [4.78, 5) is 19.9. The molecule has 2 heterocycles. The molecule has 6 nitrogen and oxygen atoms in total. The number of carboxylic acids is 1. The summed E-state index contributed by atoms with van der Waals surface area (Å²) in [6, 6.07) is 4.23. The Labute approximate surface area is 145 Å². The maximum atomic E-state index is 14.3. The molecule has 0 aliphatic heterocycles. The van der Waals surface area contributed by atoms with Crippen LogP contribution in [-0.2, 0) is 6.54 Å². The maximum Gasteiger partial charge on any atom is 0.336 e. The Morgan fingerprint density at radius 1 is 1.42 bits per heavy atom. The summed E-state index contributed by atoms with van der Waals surface area (Å²) in [7, 11) is 0. The van der Waals surface area contributed by atoms with Crippen LogP contribution in [0.3, 0.4) is 0 Å². The van der Waals surface area contributed by atoms with E-state index in [-0.39, 0.29) is 11.3 Å². The normalized spacial score (nSPS) is 11.0. The number of aromatic nitrogens is 3. The molecule has 0 amide bonds. The van der Waals surface area contributed by atoms with Gasteiger partial charge in [0.2, 0.25) is 0 Å². The topological polar surface area (TPSA) is 80.0 Å². The zero-order valence-corrected chi connectivity index (χ0v) is 14.6. The minimum Gasteiger partial charge on any atom is -0.478 e. The lowest BCUT2D eigenvalue weighted by Gasteiger charge is -2.12. The first-order chi connectivity index (χ1) is 11.4. The highest BCUT2D eigenvalue weighted by atomic mass is 79.9. The third-order valence-corrected chi connectivity index (χ3v) is 4.11. The monoisotopic (exact) mass is 392 g/mol. The highest BCUT2D eigenvalue weighted by Gasteiger charge is 2.16. The molecule has 8 heteroatoms. The molecule has 0 spiro atoms. The van der Waals surface area contributed by atoms with Gasteiger partial charge in [-0.3, -0.25) is 0 Å². The number of hydrogen-bond donors (Lipinski definition) is 2. The predicted octanol–water partition coefficient (Wildman–Crippen LogP) is 4.10. The van der Waals surface area contributed by atoms with Crippen molar-refractivity contribution in [3.8, 4) is 0 Å². The lowest BCUT2D eigenvalue weighted by molar-refractivity contribution is 0.0696. The van der Waals surface area contributed by atoms with Crippen molar-refractivity contribution < 1.29 is 14.3 Å². The standard InChI is InChI=1S/C16H14BrFN4O2/c1-3-22-7-19-12-6-13(17)21-15(14(12)22)20-11-5-9(16(23)24)8(2)4-10(11)18/h4-7H,3H2,1-2H3,(H,20,21)(H,23,24). The van der Waals surface area contributed by atoms with E-state index in [9.17, 15) is 14.3 Å². The molecule has 3 rings (SSSR count). The number of carbonyl (C=O) groups is 1. The minimum atomic E-state index is -1.11. The number of nitrogens with zero attached hydrogens (tertiary/aromatic N) is 3. The Morgan fingerprint density at radius 3 is 2.83 bits per heavy atom. The molecule has 3 aromatic rings. The van der Waals surface area contributed by atoms with Gasteiger partial charge in [0.1, 0.15) is 15.9 Å². The van der Waals surface area contributed by atoms with Gasteiger partial charge in [-0.1, -0.05) is 0 Å². The van der Waals surface area contributed by atoms with E-state index < -0.39 is 11.8 Å². The molecule has 0 saturated carbocycles. The smallest absolute Gasteiger partial charge is 0.336 e. The molecule has 1 aromatic carbocycles. The predicted molar refractivity (Wildman–Crippen MR) is 92.3 cm³/mol. The van der Waals surface area contributed by atoms with Crippen LogP contribution in [0.15, 0.2) is 29.1 Å². The number of aryl methyl sites for hydroxylation is 2. The van der Waals surface area contributed by atoms with Gasteiger partial charge >= 0.3 is 5.97 Å². The highest BCUT2D eigenvalue weighted by Crippen LogP contribution is 2.29. The van der Waals surface area contributed by atoms with E-state index in [2.05, 4.69) is 31.2 Å².